The van der Waals surface area contributed by atoms with Crippen LogP contribution in [-0.4, -0.2) is 22.0 Å². The van der Waals surface area contributed by atoms with Crippen molar-refractivity contribution in [2.24, 2.45) is 0 Å². The van der Waals surface area contributed by atoms with Crippen LogP contribution in [0.1, 0.15) is 0 Å². The second kappa shape index (κ2) is 5.22. The van der Waals surface area contributed by atoms with Crippen molar-refractivity contribution in [3.8, 4) is 0 Å². The average molecular weight is 307 g/mol. The lowest BCUT2D eigenvalue weighted by Crippen LogP contribution is -2.03. The zero-order chi connectivity index (χ0) is 9.02. The molecule has 11 heavy (non-hydrogen) atoms. The van der Waals surface area contributed by atoms with Gasteiger partial charge in [0.1, 0.15) is 6.26 Å². The SMILES string of the molecule is CSC(=C(I)[N+](=O)[O-])[S+](C)[O-]. The highest BCUT2D eigenvalue weighted by molar-refractivity contribution is 14.1. The van der Waals surface area contributed by atoms with E-state index in [1.807, 2.05) is 0 Å². The van der Waals surface area contributed by atoms with Gasteiger partial charge in [-0.1, -0.05) is 11.8 Å². The fourth-order valence-electron chi connectivity index (χ4n) is 0.395. The van der Waals surface area contributed by atoms with E-state index in [1.165, 1.54) is 6.26 Å². The van der Waals surface area contributed by atoms with Gasteiger partial charge in [-0.3, -0.25) is 10.1 Å². The van der Waals surface area contributed by atoms with Gasteiger partial charge < -0.3 is 4.55 Å². The van der Waals surface area contributed by atoms with Crippen LogP contribution in [0, 0.1) is 10.1 Å². The summed E-state index contributed by atoms with van der Waals surface area (Å²) in [6, 6.07) is 0. The minimum Gasteiger partial charge on any atom is -0.611 e. The van der Waals surface area contributed by atoms with E-state index in [-0.39, 0.29) is 3.70 Å². The van der Waals surface area contributed by atoms with E-state index in [0.717, 1.165) is 11.8 Å². The molecule has 0 aliphatic carbocycles. The van der Waals surface area contributed by atoms with Crippen molar-refractivity contribution in [1.82, 2.24) is 0 Å². The zero-order valence-corrected chi connectivity index (χ0v) is 9.66. The van der Waals surface area contributed by atoms with Gasteiger partial charge in [0.2, 0.25) is 0 Å². The number of rotatable bonds is 3. The van der Waals surface area contributed by atoms with Gasteiger partial charge in [-0.2, -0.15) is 0 Å². The maximum absolute atomic E-state index is 10.8. The van der Waals surface area contributed by atoms with Gasteiger partial charge >= 0.3 is 3.70 Å². The third-order valence-corrected chi connectivity index (χ3v) is 4.92. The highest BCUT2D eigenvalue weighted by atomic mass is 127. The normalized spacial score (nSPS) is 15.6. The van der Waals surface area contributed by atoms with Crippen LogP contribution in [0.2, 0.25) is 0 Å². The third kappa shape index (κ3) is 3.63. The Kier molecular flexibility index (Phi) is 5.48. The molecule has 0 aliphatic rings. The Labute approximate surface area is 85.3 Å². The van der Waals surface area contributed by atoms with Crippen LogP contribution in [0.15, 0.2) is 7.94 Å². The van der Waals surface area contributed by atoms with Crippen LogP contribution in [0.5, 0.6) is 0 Å². The molecule has 0 N–H and O–H groups in total. The Morgan fingerprint density at radius 3 is 2.27 bits per heavy atom. The van der Waals surface area contributed by atoms with Crippen LogP contribution >= 0.6 is 34.4 Å². The van der Waals surface area contributed by atoms with Crippen LogP contribution in [0.4, 0.5) is 0 Å². The molecule has 0 aromatic carbocycles. The molecular formula is C4H6INO3S2. The molecule has 1 atom stereocenters. The molecule has 64 valence electrons. The minimum absolute atomic E-state index is 0.0593. The molecule has 0 aromatic rings. The average Bonchev–Trinajstić information content (AvgIpc) is 1.88. The van der Waals surface area contributed by atoms with Crippen molar-refractivity contribution in [3.63, 3.8) is 0 Å². The second-order valence-corrected chi connectivity index (χ2v) is 4.91. The molecule has 1 unspecified atom stereocenters. The van der Waals surface area contributed by atoms with Crippen LogP contribution in [0.25, 0.3) is 0 Å². The van der Waals surface area contributed by atoms with E-state index in [1.54, 1.807) is 28.8 Å². The van der Waals surface area contributed by atoms with E-state index in [2.05, 4.69) is 0 Å². The van der Waals surface area contributed by atoms with Crippen molar-refractivity contribution < 1.29 is 9.48 Å². The molecule has 0 aromatic heterocycles. The number of halogens is 1. The molecule has 0 aliphatic heterocycles. The Morgan fingerprint density at radius 1 is 1.73 bits per heavy atom. The van der Waals surface area contributed by atoms with Gasteiger partial charge in [0.15, 0.2) is 0 Å². The predicted molar refractivity (Wildman–Crippen MR) is 55.6 cm³/mol. The Balaban J connectivity index is 4.68. The van der Waals surface area contributed by atoms with E-state index in [4.69, 9.17) is 0 Å². The quantitative estimate of drug-likeness (QED) is 0.261. The van der Waals surface area contributed by atoms with Crippen molar-refractivity contribution >= 4 is 45.5 Å². The van der Waals surface area contributed by atoms with E-state index >= 15 is 0 Å². The van der Waals surface area contributed by atoms with Crippen molar-refractivity contribution in [2.75, 3.05) is 12.5 Å². The third-order valence-electron chi connectivity index (χ3n) is 0.775. The first kappa shape index (κ1) is 11.5. The first-order chi connectivity index (χ1) is 5.00. The molecular weight excluding hydrogens is 301 g/mol. The van der Waals surface area contributed by atoms with Gasteiger partial charge in [0.05, 0.1) is 27.5 Å². The molecule has 7 heteroatoms. The van der Waals surface area contributed by atoms with Gasteiger partial charge in [-0.05, 0) is 17.4 Å². The molecule has 4 nitrogen and oxygen atoms in total. The number of thioether (sulfide) groups is 1. The maximum atomic E-state index is 10.8. The van der Waals surface area contributed by atoms with Crippen molar-refractivity contribution in [1.29, 1.82) is 0 Å². The first-order valence-electron chi connectivity index (χ1n) is 2.42. The Hall–Kier alpha value is 0.530. The Bertz CT molecular complexity index is 194. The summed E-state index contributed by atoms with van der Waals surface area (Å²) < 4.78 is 11.1. The number of hydrogen-bond acceptors (Lipinski definition) is 4. The molecule has 0 spiro atoms. The fourth-order valence-corrected chi connectivity index (χ4v) is 3.48. The summed E-state index contributed by atoms with van der Waals surface area (Å²) in [6.45, 7) is 0. The van der Waals surface area contributed by atoms with Gasteiger partial charge in [-0.15, -0.1) is 0 Å². The van der Waals surface area contributed by atoms with Crippen LogP contribution < -0.4 is 0 Å². The molecule has 0 amide bonds. The van der Waals surface area contributed by atoms with E-state index < -0.39 is 16.1 Å². The molecule has 0 radical (unpaired) electrons. The summed E-state index contributed by atoms with van der Waals surface area (Å²) in [4.78, 5) is 9.66. The van der Waals surface area contributed by atoms with Crippen molar-refractivity contribution in [2.45, 2.75) is 0 Å². The largest absolute Gasteiger partial charge is 0.611 e. The minimum atomic E-state index is -1.26. The van der Waals surface area contributed by atoms with Crippen LogP contribution in [-0.2, 0) is 11.2 Å². The standard InChI is InChI=1S/C4H6INO3S2/c1-10-4(11(2)9)3(5)6(7)8/h1-2H3. The Morgan fingerprint density at radius 2 is 2.18 bits per heavy atom. The topological polar surface area (TPSA) is 66.2 Å². The lowest BCUT2D eigenvalue weighted by Gasteiger charge is -2.03. The molecule has 0 rings (SSSR count). The van der Waals surface area contributed by atoms with Crippen LogP contribution in [0.3, 0.4) is 0 Å². The summed E-state index contributed by atoms with van der Waals surface area (Å²) in [6.07, 6.45) is 3.09. The smallest absolute Gasteiger partial charge is 0.364 e. The molecule has 0 bridgehead atoms. The fraction of sp³-hybridized carbons (Fsp3) is 0.500. The first-order valence-corrected chi connectivity index (χ1v) is 6.28. The lowest BCUT2D eigenvalue weighted by molar-refractivity contribution is -0.406. The summed E-state index contributed by atoms with van der Waals surface area (Å²) >= 11 is 1.46. The second-order valence-electron chi connectivity index (χ2n) is 1.49. The monoisotopic (exact) mass is 307 g/mol. The highest BCUT2D eigenvalue weighted by Gasteiger charge is 2.22. The number of nitro groups is 1. The highest BCUT2D eigenvalue weighted by Crippen LogP contribution is 2.26. The van der Waals surface area contributed by atoms with Gasteiger partial charge in [-0.25, -0.2) is 0 Å². The summed E-state index contributed by atoms with van der Waals surface area (Å²) in [5.74, 6) is 0. The maximum Gasteiger partial charge on any atom is 0.364 e. The molecule has 0 fully saturated rings. The van der Waals surface area contributed by atoms with E-state index in [0.29, 0.717) is 4.24 Å². The summed E-state index contributed by atoms with van der Waals surface area (Å²) in [5.41, 5.74) is 0. The molecule has 0 saturated heterocycles. The summed E-state index contributed by atoms with van der Waals surface area (Å²) in [7, 11) is 0. The zero-order valence-electron chi connectivity index (χ0n) is 5.87. The lowest BCUT2D eigenvalue weighted by atomic mass is 11.0. The number of hydrogen-bond donors (Lipinski definition) is 0. The number of nitrogens with zero attached hydrogens (tertiary/aromatic N) is 1. The molecule has 0 heterocycles. The predicted octanol–water partition coefficient (Wildman–Crippen LogP) is 1.57. The van der Waals surface area contributed by atoms with Crippen molar-refractivity contribution in [3.05, 3.63) is 18.1 Å². The summed E-state index contributed by atoms with van der Waals surface area (Å²) in [5, 5.41) is 10.2. The molecule has 0 saturated carbocycles. The van der Waals surface area contributed by atoms with E-state index in [9.17, 15) is 14.7 Å². The van der Waals surface area contributed by atoms with Gasteiger partial charge in [0, 0.05) is 0 Å². The van der Waals surface area contributed by atoms with Gasteiger partial charge in [0.25, 0.3) is 4.24 Å².